The minimum absolute atomic E-state index is 0.0364. The fraction of sp³-hybridized carbons (Fsp3) is 0.276. The molecule has 2 aromatic rings. The predicted molar refractivity (Wildman–Crippen MR) is 152 cm³/mol. The number of hydrogen-bond donors (Lipinski definition) is 4. The molecule has 3 rings (SSSR count). The van der Waals surface area contributed by atoms with E-state index >= 15 is 0 Å². The number of nitrogens with zero attached hydrogens (tertiary/aromatic N) is 1. The normalized spacial score (nSPS) is 11.8. The summed E-state index contributed by atoms with van der Waals surface area (Å²) in [6.45, 7) is 12.0. The molecule has 0 saturated carbocycles. The van der Waals surface area contributed by atoms with Gasteiger partial charge < -0.3 is 20.3 Å². The van der Waals surface area contributed by atoms with Crippen LogP contribution in [0.4, 0.5) is 5.69 Å². The van der Waals surface area contributed by atoms with Crippen molar-refractivity contribution in [2.45, 2.75) is 48.0 Å². The Labute approximate surface area is 220 Å². The Morgan fingerprint density at radius 1 is 1.05 bits per heavy atom. The van der Waals surface area contributed by atoms with Gasteiger partial charge in [0.2, 0.25) is 6.41 Å². The molecule has 0 spiro atoms. The van der Waals surface area contributed by atoms with E-state index in [0.717, 1.165) is 0 Å². The molecular formula is C29H39N3O5. The summed E-state index contributed by atoms with van der Waals surface area (Å²) in [5.74, 6) is -0.491. The molecule has 2 aromatic carbocycles. The van der Waals surface area contributed by atoms with Gasteiger partial charge in [-0.2, -0.15) is 5.10 Å². The van der Waals surface area contributed by atoms with Gasteiger partial charge in [0.05, 0.1) is 30.3 Å². The second-order valence-corrected chi connectivity index (χ2v) is 6.51. The van der Waals surface area contributed by atoms with E-state index in [1.54, 1.807) is 42.5 Å². The molecule has 37 heavy (non-hydrogen) atoms. The van der Waals surface area contributed by atoms with Gasteiger partial charge in [-0.25, -0.2) is 4.79 Å². The number of carboxylic acids is 1. The average Bonchev–Trinajstić information content (AvgIpc) is 3.14. The van der Waals surface area contributed by atoms with E-state index in [4.69, 9.17) is 4.74 Å². The maximum absolute atomic E-state index is 11.3. The number of aromatic carboxylic acids is 1. The van der Waals surface area contributed by atoms with E-state index in [9.17, 15) is 19.8 Å². The molecule has 0 radical (unpaired) electrons. The number of carbonyl (C=O) groups is 2. The smallest absolute Gasteiger partial charge is 0.335 e. The number of benzene rings is 2. The first kappa shape index (κ1) is 32.7. The molecule has 200 valence electrons. The molecular weight excluding hydrogens is 470 g/mol. The minimum Gasteiger partial charge on any atom is -0.505 e. The number of amides is 1. The summed E-state index contributed by atoms with van der Waals surface area (Å²) >= 11 is 0. The Balaban J connectivity index is 0.00000201. The minimum atomic E-state index is -1.04. The lowest BCUT2D eigenvalue weighted by molar-refractivity contribution is -0.105. The molecule has 0 atom stereocenters. The van der Waals surface area contributed by atoms with Crippen LogP contribution in [0, 0.1) is 0 Å². The summed E-state index contributed by atoms with van der Waals surface area (Å²) in [4.78, 5) is 22.1. The van der Waals surface area contributed by atoms with Crippen molar-refractivity contribution in [2.24, 2.45) is 5.10 Å². The molecule has 0 unspecified atom stereocenters. The second kappa shape index (κ2) is 18.9. The van der Waals surface area contributed by atoms with E-state index in [0.29, 0.717) is 46.7 Å². The Bertz CT molecular complexity index is 1120. The Hall–Kier alpha value is -4.33. The fourth-order valence-electron chi connectivity index (χ4n) is 3.01. The van der Waals surface area contributed by atoms with Gasteiger partial charge in [0.15, 0.2) is 0 Å². The highest BCUT2D eigenvalue weighted by Crippen LogP contribution is 2.28. The van der Waals surface area contributed by atoms with Crippen LogP contribution in [0.2, 0.25) is 0 Å². The number of nitrogens with one attached hydrogen (secondary N) is 2. The Morgan fingerprint density at radius 2 is 1.76 bits per heavy atom. The molecule has 1 amide bonds. The number of aliphatic hydroxyl groups excluding tert-OH is 1. The van der Waals surface area contributed by atoms with Crippen molar-refractivity contribution in [3.05, 3.63) is 88.8 Å². The zero-order valence-corrected chi connectivity index (χ0v) is 22.7. The number of allylic oxidation sites excluding steroid dienone is 4. The van der Waals surface area contributed by atoms with Gasteiger partial charge in [-0.15, -0.1) is 0 Å². The topological polar surface area (TPSA) is 120 Å². The summed E-state index contributed by atoms with van der Waals surface area (Å²) in [6, 6.07) is 11.5. The Kier molecular flexibility index (Phi) is 16.7. The van der Waals surface area contributed by atoms with Gasteiger partial charge in [-0.3, -0.25) is 10.2 Å². The average molecular weight is 510 g/mol. The summed E-state index contributed by atoms with van der Waals surface area (Å²) < 4.78 is 5.15. The van der Waals surface area contributed by atoms with Gasteiger partial charge in [0.25, 0.3) is 0 Å². The Morgan fingerprint density at radius 3 is 2.38 bits per heavy atom. The molecule has 1 aliphatic carbocycles. The predicted octanol–water partition coefficient (Wildman–Crippen LogP) is 6.78. The van der Waals surface area contributed by atoms with Crippen LogP contribution in [0.3, 0.4) is 0 Å². The summed E-state index contributed by atoms with van der Waals surface area (Å²) in [5, 5.41) is 26.8. The highest BCUT2D eigenvalue weighted by molar-refractivity contribution is 5.92. The maximum Gasteiger partial charge on any atom is 0.335 e. The van der Waals surface area contributed by atoms with Crippen LogP contribution in [-0.4, -0.2) is 35.9 Å². The zero-order valence-electron chi connectivity index (χ0n) is 22.7. The molecule has 0 aliphatic heterocycles. The van der Waals surface area contributed by atoms with Crippen molar-refractivity contribution in [1.82, 2.24) is 5.43 Å². The van der Waals surface area contributed by atoms with Crippen LogP contribution in [-0.2, 0) is 4.79 Å². The third kappa shape index (κ3) is 10.0. The quantitative estimate of drug-likeness (QED) is 0.177. The number of carboxylic acid groups (broad SMARTS) is 1. The van der Waals surface area contributed by atoms with Crippen LogP contribution >= 0.6 is 0 Å². The molecule has 4 N–H and O–H groups in total. The van der Waals surface area contributed by atoms with Crippen molar-refractivity contribution < 1.29 is 24.5 Å². The highest BCUT2D eigenvalue weighted by atomic mass is 16.5. The number of hydrazone groups is 1. The first-order chi connectivity index (χ1) is 18.0. The number of ether oxygens (including phenoxy) is 1. The number of carbonyl (C=O) groups excluding carboxylic acids is 1. The largest absolute Gasteiger partial charge is 0.505 e. The van der Waals surface area contributed by atoms with E-state index in [1.807, 2.05) is 47.6 Å². The summed E-state index contributed by atoms with van der Waals surface area (Å²) in [7, 11) is 1.53. The van der Waals surface area contributed by atoms with Crippen molar-refractivity contribution in [3.8, 4) is 5.75 Å². The van der Waals surface area contributed by atoms with E-state index in [-0.39, 0.29) is 11.3 Å². The van der Waals surface area contributed by atoms with Crippen LogP contribution in [0.1, 0.15) is 69.4 Å². The van der Waals surface area contributed by atoms with Gasteiger partial charge in [0.1, 0.15) is 11.5 Å². The van der Waals surface area contributed by atoms with Crippen molar-refractivity contribution in [2.75, 3.05) is 12.4 Å². The number of hydrogen-bond acceptors (Lipinski definition) is 6. The molecule has 0 bridgehead atoms. The number of methoxy groups -OCH3 is 1. The van der Waals surface area contributed by atoms with Crippen LogP contribution in [0.25, 0.3) is 5.57 Å². The van der Waals surface area contributed by atoms with E-state index < -0.39 is 5.97 Å². The van der Waals surface area contributed by atoms with Crippen molar-refractivity contribution in [1.29, 1.82) is 0 Å². The van der Waals surface area contributed by atoms with Gasteiger partial charge in [-0.05, 0) is 42.3 Å². The van der Waals surface area contributed by atoms with Gasteiger partial charge >= 0.3 is 5.97 Å². The third-order valence-corrected chi connectivity index (χ3v) is 4.58. The maximum atomic E-state index is 11.3. The van der Waals surface area contributed by atoms with Crippen LogP contribution in [0.5, 0.6) is 5.75 Å². The summed E-state index contributed by atoms with van der Waals surface area (Å²) in [5.41, 5.74) is 5.60. The van der Waals surface area contributed by atoms with E-state index in [2.05, 4.69) is 15.8 Å². The molecule has 8 heteroatoms. The van der Waals surface area contributed by atoms with Gasteiger partial charge in [-0.1, -0.05) is 65.8 Å². The fourth-order valence-corrected chi connectivity index (χ4v) is 3.01. The third-order valence-electron chi connectivity index (χ3n) is 4.58. The van der Waals surface area contributed by atoms with E-state index in [1.165, 1.54) is 25.5 Å². The van der Waals surface area contributed by atoms with Gasteiger partial charge in [0, 0.05) is 17.2 Å². The SMILES string of the molecule is CC.CC.CC.COc1ccc(/C=N/NC2=CC=CCC(c3cccc(C(=O)O)c3)=C2O)c(NC=O)c1. The zero-order chi connectivity index (χ0) is 28.2. The number of rotatable bonds is 8. The highest BCUT2D eigenvalue weighted by Gasteiger charge is 2.15. The first-order valence-electron chi connectivity index (χ1n) is 12.3. The van der Waals surface area contributed by atoms with Crippen LogP contribution in [0.15, 0.2) is 77.3 Å². The number of anilines is 1. The van der Waals surface area contributed by atoms with Crippen molar-refractivity contribution >= 4 is 29.9 Å². The monoisotopic (exact) mass is 509 g/mol. The van der Waals surface area contributed by atoms with Crippen molar-refractivity contribution in [3.63, 3.8) is 0 Å². The molecule has 8 nitrogen and oxygen atoms in total. The number of aliphatic hydroxyl groups is 1. The lowest BCUT2D eigenvalue weighted by Gasteiger charge is -2.12. The second-order valence-electron chi connectivity index (χ2n) is 6.51. The standard InChI is InChI=1S/C23H21N3O5.3C2H6/c1-31-18-10-9-17(21(12-18)24-14-27)13-25-26-20-8-3-2-7-19(22(20)28)15-5-4-6-16(11-15)23(29)30;3*1-2/h2-6,8-14,26,28H,7H2,1H3,(H,24,27)(H,29,30);3*1-2H3/b25-13+;;;. The van der Waals surface area contributed by atoms with Crippen LogP contribution < -0.4 is 15.5 Å². The molecule has 0 saturated heterocycles. The lowest BCUT2D eigenvalue weighted by Crippen LogP contribution is -2.10. The molecule has 0 heterocycles. The lowest BCUT2D eigenvalue weighted by atomic mass is 9.99. The molecule has 1 aliphatic rings. The molecule has 0 aromatic heterocycles. The molecule has 0 fully saturated rings. The summed E-state index contributed by atoms with van der Waals surface area (Å²) in [6.07, 6.45) is 7.77. The first-order valence-corrected chi connectivity index (χ1v) is 12.3.